The average molecular weight is 477 g/mol. The molecule has 0 aliphatic carbocycles. The van der Waals surface area contributed by atoms with E-state index < -0.39 is 0 Å². The molecule has 0 atom stereocenters. The van der Waals surface area contributed by atoms with Gasteiger partial charge in [-0.25, -0.2) is 9.67 Å². The third-order valence-electron chi connectivity index (χ3n) is 4.00. The first-order valence-electron chi connectivity index (χ1n) is 8.53. The Morgan fingerprint density at radius 1 is 1.19 bits per heavy atom. The lowest BCUT2D eigenvalue weighted by molar-refractivity contribution is 0.414. The van der Waals surface area contributed by atoms with Gasteiger partial charge in [-0.2, -0.15) is 5.10 Å². The molecule has 3 N–H and O–H groups in total. The Hall–Kier alpha value is -2.55. The van der Waals surface area contributed by atoms with Gasteiger partial charge in [-0.1, -0.05) is 19.1 Å². The standard InChI is InChI=1S/C20H23N5O.HI/c1-3-15-5-4-6-16(13-15)23-20(21)22-14-17-11-12-25(24-17)18-7-9-19(26-2)10-8-18;/h4-13H,3,14H2,1-2H3,(H3,21,22,23);1H. The molecule has 6 nitrogen and oxygen atoms in total. The molecule has 0 saturated heterocycles. The fourth-order valence-electron chi connectivity index (χ4n) is 2.55. The lowest BCUT2D eigenvalue weighted by atomic mass is 10.1. The number of nitrogens with zero attached hydrogens (tertiary/aromatic N) is 3. The van der Waals surface area contributed by atoms with Gasteiger partial charge in [0.05, 0.1) is 25.0 Å². The summed E-state index contributed by atoms with van der Waals surface area (Å²) in [6.45, 7) is 2.53. The molecule has 142 valence electrons. The zero-order valence-corrected chi connectivity index (χ0v) is 17.8. The zero-order chi connectivity index (χ0) is 18.4. The Morgan fingerprint density at radius 2 is 1.96 bits per heavy atom. The summed E-state index contributed by atoms with van der Waals surface area (Å²) in [5.41, 5.74) is 9.98. The predicted octanol–water partition coefficient (Wildman–Crippen LogP) is 3.99. The van der Waals surface area contributed by atoms with Gasteiger partial charge in [-0.3, -0.25) is 0 Å². The topological polar surface area (TPSA) is 77.5 Å². The van der Waals surface area contributed by atoms with E-state index in [0.29, 0.717) is 12.5 Å². The van der Waals surface area contributed by atoms with Crippen LogP contribution in [0.15, 0.2) is 65.8 Å². The Morgan fingerprint density at radius 3 is 2.67 bits per heavy atom. The van der Waals surface area contributed by atoms with Crippen molar-refractivity contribution in [1.82, 2.24) is 9.78 Å². The van der Waals surface area contributed by atoms with Gasteiger partial charge < -0.3 is 15.8 Å². The van der Waals surface area contributed by atoms with Gasteiger partial charge in [-0.05, 0) is 54.4 Å². The Labute approximate surface area is 176 Å². The van der Waals surface area contributed by atoms with Crippen molar-refractivity contribution in [2.24, 2.45) is 10.7 Å². The number of benzene rings is 2. The van der Waals surface area contributed by atoms with Crippen molar-refractivity contribution in [1.29, 1.82) is 0 Å². The SMILES string of the molecule is CCc1cccc(NC(N)=NCc2ccn(-c3ccc(OC)cc3)n2)c1.I. The second-order valence-corrected chi connectivity index (χ2v) is 5.83. The second-order valence-electron chi connectivity index (χ2n) is 5.83. The van der Waals surface area contributed by atoms with Crippen LogP contribution in [0.25, 0.3) is 5.69 Å². The molecule has 0 saturated carbocycles. The van der Waals surface area contributed by atoms with E-state index >= 15 is 0 Å². The highest BCUT2D eigenvalue weighted by Gasteiger charge is 2.02. The number of halogens is 1. The third-order valence-corrected chi connectivity index (χ3v) is 4.00. The Bertz CT molecular complexity index is 889. The molecule has 0 unspecified atom stereocenters. The molecular formula is C20H24IN5O. The fourth-order valence-corrected chi connectivity index (χ4v) is 2.55. The molecule has 27 heavy (non-hydrogen) atoms. The van der Waals surface area contributed by atoms with E-state index in [1.165, 1.54) is 5.56 Å². The van der Waals surface area contributed by atoms with E-state index in [-0.39, 0.29) is 24.0 Å². The van der Waals surface area contributed by atoms with Crippen LogP contribution in [0.2, 0.25) is 0 Å². The Kier molecular flexibility index (Phi) is 7.66. The van der Waals surface area contributed by atoms with Crippen LogP contribution in [-0.4, -0.2) is 22.8 Å². The van der Waals surface area contributed by atoms with E-state index in [1.54, 1.807) is 11.8 Å². The van der Waals surface area contributed by atoms with Crippen LogP contribution < -0.4 is 15.8 Å². The van der Waals surface area contributed by atoms with Crippen molar-refractivity contribution in [2.45, 2.75) is 19.9 Å². The van der Waals surface area contributed by atoms with Crippen molar-refractivity contribution in [2.75, 3.05) is 12.4 Å². The van der Waals surface area contributed by atoms with Gasteiger partial charge in [0.15, 0.2) is 5.96 Å². The summed E-state index contributed by atoms with van der Waals surface area (Å²) in [5, 5.41) is 7.65. The second kappa shape index (κ2) is 9.96. The highest BCUT2D eigenvalue weighted by Crippen LogP contribution is 2.15. The van der Waals surface area contributed by atoms with Gasteiger partial charge in [-0.15, -0.1) is 24.0 Å². The monoisotopic (exact) mass is 477 g/mol. The van der Waals surface area contributed by atoms with Gasteiger partial charge in [0.2, 0.25) is 0 Å². The highest BCUT2D eigenvalue weighted by atomic mass is 127. The number of aliphatic imine (C=N–C) groups is 1. The fraction of sp³-hybridized carbons (Fsp3) is 0.200. The zero-order valence-electron chi connectivity index (χ0n) is 15.4. The van der Waals surface area contributed by atoms with Crippen molar-refractivity contribution in [3.63, 3.8) is 0 Å². The molecular weight excluding hydrogens is 453 g/mol. The largest absolute Gasteiger partial charge is 0.497 e. The minimum absolute atomic E-state index is 0. The van der Waals surface area contributed by atoms with E-state index in [2.05, 4.69) is 34.5 Å². The van der Waals surface area contributed by atoms with Crippen LogP contribution in [0, 0.1) is 0 Å². The third kappa shape index (κ3) is 5.72. The maximum Gasteiger partial charge on any atom is 0.193 e. The average Bonchev–Trinajstić information content (AvgIpc) is 3.15. The predicted molar refractivity (Wildman–Crippen MR) is 120 cm³/mol. The first kappa shape index (κ1) is 20.8. The van der Waals surface area contributed by atoms with Gasteiger partial charge in [0, 0.05) is 11.9 Å². The van der Waals surface area contributed by atoms with Gasteiger partial charge >= 0.3 is 0 Å². The summed E-state index contributed by atoms with van der Waals surface area (Å²) in [6, 6.07) is 17.8. The number of nitrogens with two attached hydrogens (primary N) is 1. The minimum Gasteiger partial charge on any atom is -0.497 e. The molecule has 1 aromatic heterocycles. The number of anilines is 1. The smallest absolute Gasteiger partial charge is 0.193 e. The van der Waals surface area contributed by atoms with Crippen LogP contribution in [0.3, 0.4) is 0 Å². The molecule has 1 heterocycles. The molecule has 7 heteroatoms. The van der Waals surface area contributed by atoms with Crippen molar-refractivity contribution in [3.05, 3.63) is 72.1 Å². The molecule has 0 fully saturated rings. The number of aromatic nitrogens is 2. The van der Waals surface area contributed by atoms with Crippen molar-refractivity contribution in [3.8, 4) is 11.4 Å². The molecule has 0 radical (unpaired) electrons. The number of guanidine groups is 1. The number of nitrogens with one attached hydrogen (secondary N) is 1. The summed E-state index contributed by atoms with van der Waals surface area (Å²) < 4.78 is 6.97. The molecule has 0 aliphatic heterocycles. The van der Waals surface area contributed by atoms with E-state index in [0.717, 1.165) is 29.2 Å². The summed E-state index contributed by atoms with van der Waals surface area (Å²) in [6.07, 6.45) is 2.89. The molecule has 0 aliphatic rings. The van der Waals surface area contributed by atoms with Crippen LogP contribution >= 0.6 is 24.0 Å². The number of hydrogen-bond acceptors (Lipinski definition) is 3. The maximum atomic E-state index is 5.99. The first-order valence-corrected chi connectivity index (χ1v) is 8.53. The summed E-state index contributed by atoms with van der Waals surface area (Å²) in [4.78, 5) is 4.37. The van der Waals surface area contributed by atoms with Crippen LogP contribution in [0.1, 0.15) is 18.2 Å². The molecule has 0 spiro atoms. The summed E-state index contributed by atoms with van der Waals surface area (Å²) >= 11 is 0. The van der Waals surface area contributed by atoms with Crippen molar-refractivity contribution >= 4 is 35.6 Å². The van der Waals surface area contributed by atoms with Gasteiger partial charge in [0.25, 0.3) is 0 Å². The summed E-state index contributed by atoms with van der Waals surface area (Å²) in [7, 11) is 1.65. The van der Waals surface area contributed by atoms with E-state index in [9.17, 15) is 0 Å². The van der Waals surface area contributed by atoms with Crippen LogP contribution in [0.5, 0.6) is 5.75 Å². The highest BCUT2D eigenvalue weighted by molar-refractivity contribution is 14.0. The number of aryl methyl sites for hydroxylation is 1. The van der Waals surface area contributed by atoms with E-state index in [1.807, 2.05) is 48.7 Å². The Balaban J connectivity index is 0.00000261. The lowest BCUT2D eigenvalue weighted by Gasteiger charge is -2.06. The van der Waals surface area contributed by atoms with Gasteiger partial charge in [0.1, 0.15) is 5.75 Å². The number of hydrogen-bond donors (Lipinski definition) is 2. The molecule has 2 aromatic carbocycles. The minimum atomic E-state index is 0. The summed E-state index contributed by atoms with van der Waals surface area (Å²) in [5.74, 6) is 1.19. The molecule has 3 aromatic rings. The number of rotatable bonds is 6. The first-order chi connectivity index (χ1) is 12.7. The number of methoxy groups -OCH3 is 1. The normalized spacial score (nSPS) is 11.0. The van der Waals surface area contributed by atoms with Crippen molar-refractivity contribution < 1.29 is 4.74 Å². The molecule has 0 amide bonds. The number of ether oxygens (including phenoxy) is 1. The molecule has 0 bridgehead atoms. The maximum absolute atomic E-state index is 5.99. The van der Waals surface area contributed by atoms with Crippen LogP contribution in [-0.2, 0) is 13.0 Å². The lowest BCUT2D eigenvalue weighted by Crippen LogP contribution is -2.22. The van der Waals surface area contributed by atoms with E-state index in [4.69, 9.17) is 10.5 Å². The quantitative estimate of drug-likeness (QED) is 0.320. The van der Waals surface area contributed by atoms with Crippen LogP contribution in [0.4, 0.5) is 5.69 Å². The molecule has 3 rings (SSSR count).